The van der Waals surface area contributed by atoms with E-state index in [1.807, 2.05) is 32.0 Å². The maximum Gasteiger partial charge on any atom is 0.254 e. The molecule has 23 heavy (non-hydrogen) atoms. The second-order valence-corrected chi connectivity index (χ2v) is 7.02. The lowest BCUT2D eigenvalue weighted by Crippen LogP contribution is -2.36. The number of carbonyl (C=O) groups excluding carboxylic acids is 2. The molecule has 0 unspecified atom stereocenters. The molecular formula is C17H19N3O2S. The van der Waals surface area contributed by atoms with Gasteiger partial charge in [0.1, 0.15) is 0 Å². The number of nitrogens with two attached hydrogens (primary N) is 2. The number of hydrogen-bond acceptors (Lipinski definition) is 4. The topological polar surface area (TPSA) is 89.4 Å². The van der Waals surface area contributed by atoms with Crippen LogP contribution < -0.4 is 11.5 Å². The van der Waals surface area contributed by atoms with Gasteiger partial charge < -0.3 is 16.4 Å². The van der Waals surface area contributed by atoms with Crippen LogP contribution >= 0.6 is 11.3 Å². The van der Waals surface area contributed by atoms with Crippen molar-refractivity contribution in [2.24, 2.45) is 5.73 Å². The highest BCUT2D eigenvalue weighted by molar-refractivity contribution is 7.16. The number of benzene rings is 1. The molecule has 1 aliphatic rings. The maximum atomic E-state index is 12.7. The fourth-order valence-electron chi connectivity index (χ4n) is 2.93. The van der Waals surface area contributed by atoms with Crippen LogP contribution in [0.1, 0.15) is 42.3 Å². The Hall–Kier alpha value is -2.34. The first-order chi connectivity index (χ1) is 10.9. The Balaban J connectivity index is 1.87. The van der Waals surface area contributed by atoms with Crippen molar-refractivity contribution in [1.82, 2.24) is 4.90 Å². The van der Waals surface area contributed by atoms with Gasteiger partial charge in [0.25, 0.3) is 11.8 Å². The maximum absolute atomic E-state index is 12.7. The number of anilines is 1. The number of nitrogens with zero attached hydrogens (tertiary/aromatic N) is 1. The number of nitrogen functional groups attached to an aromatic ring is 1. The predicted molar refractivity (Wildman–Crippen MR) is 91.6 cm³/mol. The molecule has 0 bridgehead atoms. The van der Waals surface area contributed by atoms with Gasteiger partial charge in [0.15, 0.2) is 0 Å². The molecule has 1 aromatic carbocycles. The molecule has 0 saturated carbocycles. The molecule has 6 heteroatoms. The molecule has 1 aromatic heterocycles. The lowest BCUT2D eigenvalue weighted by molar-refractivity contribution is 0.0737. The summed E-state index contributed by atoms with van der Waals surface area (Å²) in [6.45, 7) is 5.06. The van der Waals surface area contributed by atoms with E-state index in [1.165, 1.54) is 16.9 Å². The van der Waals surface area contributed by atoms with Crippen molar-refractivity contribution >= 4 is 28.2 Å². The van der Waals surface area contributed by atoms with Crippen LogP contribution in [0.5, 0.6) is 0 Å². The Morgan fingerprint density at radius 1 is 1.22 bits per heavy atom. The highest BCUT2D eigenvalue weighted by Gasteiger charge is 2.28. The summed E-state index contributed by atoms with van der Waals surface area (Å²) in [5.41, 5.74) is 15.6. The predicted octanol–water partition coefficient (Wildman–Crippen LogP) is 2.24. The molecule has 1 aliphatic heterocycles. The van der Waals surface area contributed by atoms with Gasteiger partial charge in [-0.25, -0.2) is 0 Å². The summed E-state index contributed by atoms with van der Waals surface area (Å²) in [6.07, 6.45) is 0.609. The van der Waals surface area contributed by atoms with E-state index >= 15 is 0 Å². The Kier molecular flexibility index (Phi) is 3.85. The zero-order chi connectivity index (χ0) is 16.7. The third kappa shape index (κ3) is 2.70. The second kappa shape index (κ2) is 5.70. The summed E-state index contributed by atoms with van der Waals surface area (Å²) in [5.74, 6) is -0.486. The van der Waals surface area contributed by atoms with Gasteiger partial charge in [-0.2, -0.15) is 0 Å². The van der Waals surface area contributed by atoms with E-state index in [9.17, 15) is 9.59 Å². The van der Waals surface area contributed by atoms with Gasteiger partial charge in [-0.3, -0.25) is 9.59 Å². The Morgan fingerprint density at radius 3 is 2.61 bits per heavy atom. The first kappa shape index (κ1) is 15.6. The van der Waals surface area contributed by atoms with Crippen molar-refractivity contribution in [3.8, 4) is 0 Å². The molecule has 4 N–H and O–H groups in total. The van der Waals surface area contributed by atoms with Crippen LogP contribution in [0.2, 0.25) is 0 Å². The molecular weight excluding hydrogens is 310 g/mol. The zero-order valence-electron chi connectivity index (χ0n) is 13.2. The summed E-state index contributed by atoms with van der Waals surface area (Å²) < 4.78 is 0. The SMILES string of the molecule is Cc1ccc(C(=O)N2CCc3c(sc(N)c3C(N)=O)C2)cc1C. The molecule has 5 nitrogen and oxygen atoms in total. The lowest BCUT2D eigenvalue weighted by atomic mass is 10.0. The van der Waals surface area contributed by atoms with Crippen molar-refractivity contribution in [1.29, 1.82) is 0 Å². The normalized spacial score (nSPS) is 13.7. The van der Waals surface area contributed by atoms with Crippen molar-refractivity contribution in [3.05, 3.63) is 50.9 Å². The number of aryl methyl sites for hydroxylation is 2. The molecule has 0 radical (unpaired) electrons. The van der Waals surface area contributed by atoms with Crippen molar-refractivity contribution in [2.75, 3.05) is 12.3 Å². The van der Waals surface area contributed by atoms with E-state index in [1.54, 1.807) is 4.90 Å². The minimum atomic E-state index is -0.492. The molecule has 0 spiro atoms. The smallest absolute Gasteiger partial charge is 0.254 e. The standard InChI is InChI=1S/C17H19N3O2S/c1-9-3-4-11(7-10(9)2)17(22)20-6-5-12-13(8-20)23-16(19)14(12)15(18)21/h3-4,7H,5-6,8,19H2,1-2H3,(H2,18,21). The van der Waals surface area contributed by atoms with Crippen molar-refractivity contribution in [2.45, 2.75) is 26.8 Å². The van der Waals surface area contributed by atoms with Crippen molar-refractivity contribution < 1.29 is 9.59 Å². The van der Waals surface area contributed by atoms with E-state index in [4.69, 9.17) is 11.5 Å². The molecule has 0 atom stereocenters. The van der Waals surface area contributed by atoms with Gasteiger partial charge in [-0.1, -0.05) is 6.07 Å². The van der Waals surface area contributed by atoms with Crippen molar-refractivity contribution in [3.63, 3.8) is 0 Å². The monoisotopic (exact) mass is 329 g/mol. The number of carbonyl (C=O) groups is 2. The van der Waals surface area contributed by atoms with E-state index in [0.29, 0.717) is 35.6 Å². The quantitative estimate of drug-likeness (QED) is 0.885. The highest BCUT2D eigenvalue weighted by Crippen LogP contribution is 2.35. The number of rotatable bonds is 2. The van der Waals surface area contributed by atoms with E-state index in [0.717, 1.165) is 16.0 Å². The Morgan fingerprint density at radius 2 is 1.96 bits per heavy atom. The lowest BCUT2D eigenvalue weighted by Gasteiger charge is -2.27. The van der Waals surface area contributed by atoms with Gasteiger partial charge in [-0.15, -0.1) is 11.3 Å². The molecule has 2 heterocycles. The molecule has 2 amide bonds. The molecule has 3 rings (SSSR count). The van der Waals surface area contributed by atoms with Gasteiger partial charge in [-0.05, 0) is 49.1 Å². The Bertz CT molecular complexity index is 810. The number of primary amides is 1. The average molecular weight is 329 g/mol. The van der Waals surface area contributed by atoms with E-state index in [-0.39, 0.29) is 5.91 Å². The van der Waals surface area contributed by atoms with Crippen LogP contribution in [0.15, 0.2) is 18.2 Å². The largest absolute Gasteiger partial charge is 0.390 e. The average Bonchev–Trinajstić information content (AvgIpc) is 2.84. The number of amides is 2. The number of thiophene rings is 1. The van der Waals surface area contributed by atoms with Crippen LogP contribution in [-0.4, -0.2) is 23.3 Å². The highest BCUT2D eigenvalue weighted by atomic mass is 32.1. The summed E-state index contributed by atoms with van der Waals surface area (Å²) >= 11 is 1.35. The van der Waals surface area contributed by atoms with E-state index < -0.39 is 5.91 Å². The minimum Gasteiger partial charge on any atom is -0.390 e. The van der Waals surface area contributed by atoms with Gasteiger partial charge >= 0.3 is 0 Å². The van der Waals surface area contributed by atoms with Crippen LogP contribution in [0.3, 0.4) is 0 Å². The van der Waals surface area contributed by atoms with Crippen LogP contribution in [-0.2, 0) is 13.0 Å². The van der Waals surface area contributed by atoms with Gasteiger partial charge in [0.2, 0.25) is 0 Å². The summed E-state index contributed by atoms with van der Waals surface area (Å²) in [7, 11) is 0. The number of hydrogen-bond donors (Lipinski definition) is 2. The molecule has 0 aliphatic carbocycles. The summed E-state index contributed by atoms with van der Waals surface area (Å²) in [6, 6.07) is 5.74. The van der Waals surface area contributed by atoms with Crippen LogP contribution in [0.4, 0.5) is 5.00 Å². The fraction of sp³-hybridized carbons (Fsp3) is 0.294. The summed E-state index contributed by atoms with van der Waals surface area (Å²) in [5, 5.41) is 0.447. The molecule has 120 valence electrons. The third-order valence-electron chi connectivity index (χ3n) is 4.37. The third-order valence-corrected chi connectivity index (χ3v) is 5.42. The van der Waals surface area contributed by atoms with Gasteiger partial charge in [0, 0.05) is 17.0 Å². The molecule has 0 fully saturated rings. The fourth-order valence-corrected chi connectivity index (χ4v) is 4.06. The number of fused-ring (bicyclic) bond motifs is 1. The first-order valence-corrected chi connectivity index (χ1v) is 8.26. The Labute approximate surface area is 138 Å². The summed E-state index contributed by atoms with van der Waals surface area (Å²) in [4.78, 5) is 27.0. The van der Waals surface area contributed by atoms with Crippen LogP contribution in [0.25, 0.3) is 0 Å². The molecule has 0 saturated heterocycles. The first-order valence-electron chi connectivity index (χ1n) is 7.45. The van der Waals surface area contributed by atoms with Gasteiger partial charge in [0.05, 0.1) is 17.1 Å². The zero-order valence-corrected chi connectivity index (χ0v) is 14.0. The van der Waals surface area contributed by atoms with E-state index in [2.05, 4.69) is 0 Å². The van der Waals surface area contributed by atoms with Crippen LogP contribution in [0, 0.1) is 13.8 Å². The minimum absolute atomic E-state index is 0.00588. The molecule has 2 aromatic rings. The second-order valence-electron chi connectivity index (χ2n) is 5.88.